The molecule has 0 radical (unpaired) electrons. The van der Waals surface area contributed by atoms with Gasteiger partial charge in [-0.2, -0.15) is 0 Å². The first-order valence-corrected chi connectivity index (χ1v) is 8.98. The highest BCUT2D eigenvalue weighted by Gasteiger charge is 2.17. The third kappa shape index (κ3) is 2.33. The highest BCUT2D eigenvalue weighted by molar-refractivity contribution is 8.64. The molecule has 2 aromatic carbocycles. The van der Waals surface area contributed by atoms with Crippen molar-refractivity contribution in [2.45, 2.75) is 6.92 Å². The van der Waals surface area contributed by atoms with E-state index in [1.165, 1.54) is 5.39 Å². The van der Waals surface area contributed by atoms with E-state index in [4.69, 9.17) is 16.3 Å². The highest BCUT2D eigenvalue weighted by atomic mass is 32.9. The Bertz CT molecular complexity index is 548. The first-order chi connectivity index (χ1) is 7.65. The molecule has 0 aliphatic carbocycles. The third-order valence-electron chi connectivity index (χ3n) is 2.38. The molecule has 0 aliphatic rings. The minimum atomic E-state index is -2.16. The lowest BCUT2D eigenvalue weighted by molar-refractivity contribution is 0.390. The van der Waals surface area contributed by atoms with Gasteiger partial charge in [0.15, 0.2) is 0 Å². The van der Waals surface area contributed by atoms with E-state index < -0.39 is 5.47 Å². The van der Waals surface area contributed by atoms with E-state index in [9.17, 15) is 0 Å². The lowest BCUT2D eigenvalue weighted by Crippen LogP contribution is -2.04. The number of fused-ring (bicyclic) bond motifs is 1. The fourth-order valence-electron chi connectivity index (χ4n) is 1.70. The minimum Gasteiger partial charge on any atom is -0.339 e. The molecule has 0 saturated heterocycles. The molecule has 4 heteroatoms. The van der Waals surface area contributed by atoms with Gasteiger partial charge in [0.1, 0.15) is 5.47 Å². The van der Waals surface area contributed by atoms with Gasteiger partial charge in [0.05, 0.1) is 6.61 Å². The number of benzene rings is 2. The van der Waals surface area contributed by atoms with Gasteiger partial charge in [0.25, 0.3) is 0 Å². The molecule has 2 rings (SSSR count). The van der Waals surface area contributed by atoms with Gasteiger partial charge in [-0.1, -0.05) is 54.3 Å². The second-order valence-electron chi connectivity index (χ2n) is 3.44. The normalized spacial score (nSPS) is 14.9. The van der Waals surface area contributed by atoms with Crippen LogP contribution in [-0.2, 0) is 16.3 Å². The molecule has 0 saturated carbocycles. The van der Waals surface area contributed by atoms with Crippen LogP contribution >= 0.6 is 17.7 Å². The minimum absolute atomic E-state index is 0.601. The van der Waals surface area contributed by atoms with Crippen LogP contribution in [0.4, 0.5) is 0 Å². The van der Waals surface area contributed by atoms with Crippen molar-refractivity contribution in [2.24, 2.45) is 0 Å². The summed E-state index contributed by atoms with van der Waals surface area (Å²) >= 11 is 10.0. The van der Waals surface area contributed by atoms with Crippen LogP contribution < -0.4 is 5.30 Å². The van der Waals surface area contributed by atoms with Gasteiger partial charge in [0.2, 0.25) is 0 Å². The maximum atomic E-state index is 5.61. The molecule has 1 unspecified atom stereocenters. The predicted molar refractivity (Wildman–Crippen MR) is 78.5 cm³/mol. The summed E-state index contributed by atoms with van der Waals surface area (Å²) < 4.78 is 5.61. The summed E-state index contributed by atoms with van der Waals surface area (Å²) in [6, 6.07) is 14.3. The average molecular weight is 268 g/mol. The lowest BCUT2D eigenvalue weighted by atomic mass is 10.1. The van der Waals surface area contributed by atoms with Crippen molar-refractivity contribution in [3.63, 3.8) is 0 Å². The zero-order chi connectivity index (χ0) is 11.6. The van der Waals surface area contributed by atoms with Crippen molar-refractivity contribution in [2.75, 3.05) is 6.61 Å². The van der Waals surface area contributed by atoms with E-state index in [1.54, 1.807) is 0 Å². The van der Waals surface area contributed by atoms with Gasteiger partial charge in [0, 0.05) is 5.30 Å². The van der Waals surface area contributed by atoms with Crippen LogP contribution in [0.1, 0.15) is 6.92 Å². The maximum absolute atomic E-state index is 5.61. The Balaban J connectivity index is 2.65. The maximum Gasteiger partial charge on any atom is 0.146 e. The molecule has 1 nitrogen and oxygen atoms in total. The van der Waals surface area contributed by atoms with Crippen molar-refractivity contribution in [3.8, 4) is 0 Å². The number of hydrogen-bond acceptors (Lipinski definition) is 2. The molecule has 0 N–H and O–H groups in total. The van der Waals surface area contributed by atoms with E-state index in [-0.39, 0.29) is 0 Å². The van der Waals surface area contributed by atoms with Crippen LogP contribution in [0.2, 0.25) is 0 Å². The summed E-state index contributed by atoms with van der Waals surface area (Å²) in [5.74, 6) is 0. The summed E-state index contributed by atoms with van der Waals surface area (Å²) in [7, 11) is 0. The van der Waals surface area contributed by atoms with Crippen LogP contribution in [0.3, 0.4) is 0 Å². The van der Waals surface area contributed by atoms with Crippen LogP contribution in [0.25, 0.3) is 10.8 Å². The second kappa shape index (κ2) is 4.89. The van der Waals surface area contributed by atoms with E-state index >= 15 is 0 Å². The smallest absolute Gasteiger partial charge is 0.146 e. The van der Waals surface area contributed by atoms with E-state index in [0.29, 0.717) is 6.61 Å². The van der Waals surface area contributed by atoms with Crippen molar-refractivity contribution < 1.29 is 4.52 Å². The molecule has 0 aliphatic heterocycles. The Morgan fingerprint density at radius 1 is 1.19 bits per heavy atom. The average Bonchev–Trinajstić information content (AvgIpc) is 2.28. The van der Waals surface area contributed by atoms with E-state index in [1.807, 2.05) is 31.2 Å². The molecule has 0 spiro atoms. The quantitative estimate of drug-likeness (QED) is 0.671. The van der Waals surface area contributed by atoms with Crippen molar-refractivity contribution in [1.82, 2.24) is 0 Å². The largest absolute Gasteiger partial charge is 0.339 e. The zero-order valence-corrected chi connectivity index (χ0v) is 11.6. The Morgan fingerprint density at radius 2 is 1.88 bits per heavy atom. The molecule has 0 fully saturated rings. The number of hydrogen-bond donors (Lipinski definition) is 1. The number of thiol groups is 1. The molecule has 84 valence electrons. The van der Waals surface area contributed by atoms with Gasteiger partial charge in [-0.05, 0) is 17.7 Å². The topological polar surface area (TPSA) is 9.23 Å². The molecule has 1 atom stereocenters. The summed E-state index contributed by atoms with van der Waals surface area (Å²) in [4.78, 5) is 0. The standard InChI is InChI=1S/C12H13OPS2/c1-2-13-14(15,16)12-9-5-7-10-6-3-4-8-11(10)12/h3-9H,2H2,1H3,(H,15,16). The summed E-state index contributed by atoms with van der Waals surface area (Å²) in [5, 5.41) is 3.38. The molecular weight excluding hydrogens is 255 g/mol. The van der Waals surface area contributed by atoms with Gasteiger partial charge >= 0.3 is 0 Å². The molecular formula is C12H13OPS2. The Kier molecular flexibility index (Phi) is 3.70. The van der Waals surface area contributed by atoms with Crippen LogP contribution in [-0.4, -0.2) is 6.61 Å². The first kappa shape index (κ1) is 12.1. The highest BCUT2D eigenvalue weighted by Crippen LogP contribution is 2.52. The molecule has 0 bridgehead atoms. The van der Waals surface area contributed by atoms with Crippen molar-refractivity contribution in [3.05, 3.63) is 42.5 Å². The SMILES string of the molecule is CCOP(=S)(S)c1cccc2ccccc12. The van der Waals surface area contributed by atoms with Crippen LogP contribution in [0.5, 0.6) is 0 Å². The Labute approximate surface area is 106 Å². The van der Waals surface area contributed by atoms with Crippen LogP contribution in [0.15, 0.2) is 42.5 Å². The van der Waals surface area contributed by atoms with Gasteiger partial charge in [-0.25, -0.2) is 0 Å². The fourth-order valence-corrected chi connectivity index (χ4v) is 4.63. The van der Waals surface area contributed by atoms with Gasteiger partial charge in [-0.15, -0.1) is 12.2 Å². The van der Waals surface area contributed by atoms with Gasteiger partial charge < -0.3 is 4.52 Å². The lowest BCUT2D eigenvalue weighted by Gasteiger charge is -2.17. The van der Waals surface area contributed by atoms with Crippen molar-refractivity contribution in [1.29, 1.82) is 0 Å². The zero-order valence-electron chi connectivity index (χ0n) is 8.96. The van der Waals surface area contributed by atoms with E-state index in [0.717, 1.165) is 10.7 Å². The predicted octanol–water partition coefficient (Wildman–Crippen LogP) is 3.74. The third-order valence-corrected chi connectivity index (χ3v) is 5.88. The molecule has 0 heterocycles. The van der Waals surface area contributed by atoms with E-state index in [2.05, 4.69) is 30.4 Å². The summed E-state index contributed by atoms with van der Waals surface area (Å²) in [6.07, 6.45) is 0. The van der Waals surface area contributed by atoms with Crippen LogP contribution in [0, 0.1) is 0 Å². The van der Waals surface area contributed by atoms with Crippen molar-refractivity contribution >= 4 is 45.6 Å². The van der Waals surface area contributed by atoms with Gasteiger partial charge in [-0.3, -0.25) is 0 Å². The monoisotopic (exact) mass is 268 g/mol. The fraction of sp³-hybridized carbons (Fsp3) is 0.167. The molecule has 2 aromatic rings. The Hall–Kier alpha value is -0.340. The molecule has 0 aromatic heterocycles. The summed E-state index contributed by atoms with van der Waals surface area (Å²) in [5.41, 5.74) is -2.16. The second-order valence-corrected chi connectivity index (χ2v) is 9.26. The number of rotatable bonds is 3. The summed E-state index contributed by atoms with van der Waals surface area (Å²) in [6.45, 7) is 2.55. The molecule has 0 amide bonds. The Morgan fingerprint density at radius 3 is 2.62 bits per heavy atom. The molecule has 16 heavy (non-hydrogen) atoms. The first-order valence-electron chi connectivity index (χ1n) is 5.11.